The van der Waals surface area contributed by atoms with Gasteiger partial charge in [-0.25, -0.2) is 13.1 Å². The Hall–Kier alpha value is -1.67. The molecule has 0 radical (unpaired) electrons. The molecule has 7 nitrogen and oxygen atoms in total. The van der Waals surface area contributed by atoms with Crippen molar-refractivity contribution in [2.45, 2.75) is 38.1 Å². The van der Waals surface area contributed by atoms with Gasteiger partial charge in [0.1, 0.15) is 10.6 Å². The molecular formula is C11H16N4O3S. The van der Waals surface area contributed by atoms with E-state index in [2.05, 4.69) is 19.9 Å². The fourth-order valence-electron chi connectivity index (χ4n) is 1.54. The number of nitrogens with zero attached hydrogens (tertiary/aromatic N) is 2. The quantitative estimate of drug-likeness (QED) is 0.862. The molecule has 2 N–H and O–H groups in total. The van der Waals surface area contributed by atoms with Crippen molar-refractivity contribution in [1.29, 1.82) is 0 Å². The second kappa shape index (κ2) is 5.14. The molecule has 0 aromatic carbocycles. The summed E-state index contributed by atoms with van der Waals surface area (Å²) < 4.78 is 31.8. The zero-order valence-corrected chi connectivity index (χ0v) is 11.8. The van der Waals surface area contributed by atoms with E-state index in [1.54, 1.807) is 13.8 Å². The second-order valence-electron chi connectivity index (χ2n) is 4.38. The summed E-state index contributed by atoms with van der Waals surface area (Å²) in [6.07, 6.45) is 2.03. The standard InChI is InChI=1S/C11H16N4O3S/c1-4-10-13-14-11(18-10)9-5-8(6-12-9)19(16,17)15-7(2)3/h5-7,12,15H,4H2,1-3H3. The lowest BCUT2D eigenvalue weighted by atomic mass is 10.4. The van der Waals surface area contributed by atoms with E-state index in [1.807, 2.05) is 6.92 Å². The van der Waals surface area contributed by atoms with E-state index >= 15 is 0 Å². The molecule has 0 aliphatic heterocycles. The molecule has 0 saturated carbocycles. The van der Waals surface area contributed by atoms with Crippen molar-refractivity contribution in [2.75, 3.05) is 0 Å². The molecule has 0 saturated heterocycles. The molecule has 0 aliphatic rings. The molecule has 2 heterocycles. The summed E-state index contributed by atoms with van der Waals surface area (Å²) in [5, 5.41) is 7.68. The molecule has 0 bridgehead atoms. The number of hydrogen-bond donors (Lipinski definition) is 2. The Kier molecular flexibility index (Phi) is 3.72. The van der Waals surface area contributed by atoms with Gasteiger partial charge in [0.2, 0.25) is 15.9 Å². The molecule has 0 fully saturated rings. The normalized spacial score (nSPS) is 12.2. The van der Waals surface area contributed by atoms with Crippen molar-refractivity contribution in [1.82, 2.24) is 19.9 Å². The summed E-state index contributed by atoms with van der Waals surface area (Å²) in [4.78, 5) is 2.97. The topological polar surface area (TPSA) is 101 Å². The van der Waals surface area contributed by atoms with Crippen molar-refractivity contribution in [3.63, 3.8) is 0 Å². The van der Waals surface area contributed by atoms with Crippen LogP contribution >= 0.6 is 0 Å². The second-order valence-corrected chi connectivity index (χ2v) is 6.09. The number of aromatic amines is 1. The molecule has 2 rings (SSSR count). The molecule has 0 atom stereocenters. The van der Waals surface area contributed by atoms with Gasteiger partial charge in [-0.3, -0.25) is 0 Å². The number of nitrogens with one attached hydrogen (secondary N) is 2. The fourth-order valence-corrected chi connectivity index (χ4v) is 2.78. The molecule has 2 aromatic rings. The van der Waals surface area contributed by atoms with Gasteiger partial charge in [-0.1, -0.05) is 6.92 Å². The first-order chi connectivity index (χ1) is 8.92. The Bertz CT molecular complexity index is 657. The van der Waals surface area contributed by atoms with E-state index in [0.717, 1.165) is 0 Å². The van der Waals surface area contributed by atoms with Crippen LogP contribution in [0.4, 0.5) is 0 Å². The minimum Gasteiger partial charge on any atom is -0.419 e. The Balaban J connectivity index is 2.28. The highest BCUT2D eigenvalue weighted by atomic mass is 32.2. The van der Waals surface area contributed by atoms with E-state index in [0.29, 0.717) is 18.0 Å². The van der Waals surface area contributed by atoms with Crippen LogP contribution in [0.1, 0.15) is 26.7 Å². The van der Waals surface area contributed by atoms with Crippen LogP contribution in [0.2, 0.25) is 0 Å². The number of aryl methyl sites for hydroxylation is 1. The van der Waals surface area contributed by atoms with Gasteiger partial charge in [0.15, 0.2) is 0 Å². The highest BCUT2D eigenvalue weighted by Gasteiger charge is 2.19. The van der Waals surface area contributed by atoms with Crippen LogP contribution in [0, 0.1) is 0 Å². The maximum absolute atomic E-state index is 12.0. The van der Waals surface area contributed by atoms with Crippen LogP contribution in [0.25, 0.3) is 11.6 Å². The van der Waals surface area contributed by atoms with Crippen LogP contribution in [0.3, 0.4) is 0 Å². The molecule has 0 amide bonds. The fraction of sp³-hybridized carbons (Fsp3) is 0.455. The van der Waals surface area contributed by atoms with Crippen LogP contribution < -0.4 is 4.72 Å². The van der Waals surface area contributed by atoms with E-state index in [9.17, 15) is 8.42 Å². The number of hydrogen-bond acceptors (Lipinski definition) is 5. The van der Waals surface area contributed by atoms with Gasteiger partial charge in [-0.2, -0.15) is 0 Å². The highest BCUT2D eigenvalue weighted by molar-refractivity contribution is 7.89. The monoisotopic (exact) mass is 284 g/mol. The van der Waals surface area contributed by atoms with Crippen molar-refractivity contribution >= 4 is 10.0 Å². The molecule has 0 unspecified atom stereocenters. The number of aromatic nitrogens is 3. The van der Waals surface area contributed by atoms with Crippen molar-refractivity contribution in [2.24, 2.45) is 0 Å². The lowest BCUT2D eigenvalue weighted by Gasteiger charge is -2.06. The first-order valence-electron chi connectivity index (χ1n) is 5.96. The summed E-state index contributed by atoms with van der Waals surface area (Å²) in [6, 6.07) is 1.30. The zero-order valence-electron chi connectivity index (χ0n) is 11.0. The maximum Gasteiger partial charge on any atom is 0.264 e. The number of sulfonamides is 1. The Morgan fingerprint density at radius 1 is 1.42 bits per heavy atom. The smallest absolute Gasteiger partial charge is 0.264 e. The molecule has 104 valence electrons. The van der Waals surface area contributed by atoms with Crippen molar-refractivity contribution in [3.8, 4) is 11.6 Å². The zero-order chi connectivity index (χ0) is 14.0. The minimum absolute atomic E-state index is 0.146. The third kappa shape index (κ3) is 3.02. The Labute approximate surface area is 111 Å². The summed E-state index contributed by atoms with van der Waals surface area (Å²) in [7, 11) is -3.52. The molecule has 0 spiro atoms. The van der Waals surface area contributed by atoms with Crippen LogP contribution in [0.15, 0.2) is 21.6 Å². The first kappa shape index (κ1) is 13.8. The molecule has 0 aliphatic carbocycles. The van der Waals surface area contributed by atoms with E-state index in [4.69, 9.17) is 4.42 Å². The van der Waals surface area contributed by atoms with Gasteiger partial charge >= 0.3 is 0 Å². The first-order valence-corrected chi connectivity index (χ1v) is 7.44. The SMILES string of the molecule is CCc1nnc(-c2cc(S(=O)(=O)NC(C)C)c[nH]2)o1. The number of rotatable bonds is 5. The van der Waals surface area contributed by atoms with Crippen LogP contribution in [-0.2, 0) is 16.4 Å². The summed E-state index contributed by atoms with van der Waals surface area (Å²) in [5.41, 5.74) is 0.483. The molecule has 19 heavy (non-hydrogen) atoms. The molecular weight excluding hydrogens is 268 g/mol. The van der Waals surface area contributed by atoms with Gasteiger partial charge in [0.25, 0.3) is 5.89 Å². The van der Waals surface area contributed by atoms with Crippen LogP contribution in [-0.4, -0.2) is 29.6 Å². The summed E-state index contributed by atoms with van der Waals surface area (Å²) >= 11 is 0. The lowest BCUT2D eigenvalue weighted by Crippen LogP contribution is -2.29. The van der Waals surface area contributed by atoms with Crippen LogP contribution in [0.5, 0.6) is 0 Å². The van der Waals surface area contributed by atoms with Gasteiger partial charge in [0, 0.05) is 18.7 Å². The van der Waals surface area contributed by atoms with Gasteiger partial charge in [-0.05, 0) is 19.9 Å². The molecule has 2 aromatic heterocycles. The predicted octanol–water partition coefficient (Wildman–Crippen LogP) is 1.31. The molecule has 8 heteroatoms. The number of H-pyrrole nitrogens is 1. The Morgan fingerprint density at radius 2 is 2.16 bits per heavy atom. The maximum atomic E-state index is 12.0. The minimum atomic E-state index is -3.52. The van der Waals surface area contributed by atoms with Gasteiger partial charge < -0.3 is 9.40 Å². The third-order valence-corrected chi connectivity index (χ3v) is 4.00. The summed E-state index contributed by atoms with van der Waals surface area (Å²) in [5.74, 6) is 0.789. The predicted molar refractivity (Wildman–Crippen MR) is 68.9 cm³/mol. The Morgan fingerprint density at radius 3 is 2.74 bits per heavy atom. The van der Waals surface area contributed by atoms with Gasteiger partial charge in [0.05, 0.1) is 0 Å². The van der Waals surface area contributed by atoms with E-state index < -0.39 is 10.0 Å². The lowest BCUT2D eigenvalue weighted by molar-refractivity contribution is 0.511. The van der Waals surface area contributed by atoms with E-state index in [-0.39, 0.29) is 16.8 Å². The summed E-state index contributed by atoms with van der Waals surface area (Å²) in [6.45, 7) is 5.42. The van der Waals surface area contributed by atoms with Crippen molar-refractivity contribution < 1.29 is 12.8 Å². The highest BCUT2D eigenvalue weighted by Crippen LogP contribution is 2.20. The van der Waals surface area contributed by atoms with Crippen molar-refractivity contribution in [3.05, 3.63) is 18.2 Å². The van der Waals surface area contributed by atoms with Gasteiger partial charge in [-0.15, -0.1) is 10.2 Å². The third-order valence-electron chi connectivity index (χ3n) is 2.36. The average Bonchev–Trinajstić information content (AvgIpc) is 2.96. The average molecular weight is 284 g/mol. The largest absolute Gasteiger partial charge is 0.419 e. The van der Waals surface area contributed by atoms with E-state index in [1.165, 1.54) is 12.3 Å².